The first-order chi connectivity index (χ1) is 6.36. The van der Waals surface area contributed by atoms with Gasteiger partial charge in [-0.25, -0.2) is 0 Å². The molecule has 1 nitrogen and oxygen atoms in total. The highest BCUT2D eigenvalue weighted by molar-refractivity contribution is 4.97. The first-order valence-corrected chi connectivity index (χ1v) is 5.77. The summed E-state index contributed by atoms with van der Waals surface area (Å²) in [5.74, 6) is 0.774. The maximum atomic E-state index is 2.68. The van der Waals surface area contributed by atoms with Gasteiger partial charge in [0.05, 0.1) is 0 Å². The lowest BCUT2D eigenvalue weighted by Gasteiger charge is -2.36. The second kappa shape index (κ2) is 4.28. The van der Waals surface area contributed by atoms with Crippen molar-refractivity contribution in [3.8, 4) is 0 Å². The SMILES string of the molecule is CC1C=CCN(C2CCCCC2)C1. The summed E-state index contributed by atoms with van der Waals surface area (Å²) in [7, 11) is 0. The van der Waals surface area contributed by atoms with Gasteiger partial charge in [-0.05, 0) is 18.8 Å². The quantitative estimate of drug-likeness (QED) is 0.559. The highest BCUT2D eigenvalue weighted by Crippen LogP contribution is 2.24. The Hall–Kier alpha value is -0.300. The minimum Gasteiger partial charge on any atom is -0.296 e. The van der Waals surface area contributed by atoms with E-state index in [1.807, 2.05) is 0 Å². The number of nitrogens with zero attached hydrogens (tertiary/aromatic N) is 1. The molecule has 1 aliphatic heterocycles. The van der Waals surface area contributed by atoms with Crippen molar-refractivity contribution in [3.63, 3.8) is 0 Å². The van der Waals surface area contributed by atoms with Crippen molar-refractivity contribution in [1.29, 1.82) is 0 Å². The Morgan fingerprint density at radius 2 is 1.92 bits per heavy atom. The smallest absolute Gasteiger partial charge is 0.0166 e. The lowest BCUT2D eigenvalue weighted by atomic mass is 9.92. The van der Waals surface area contributed by atoms with E-state index in [1.165, 1.54) is 45.2 Å². The van der Waals surface area contributed by atoms with Crippen molar-refractivity contribution in [2.75, 3.05) is 13.1 Å². The molecule has 0 aromatic heterocycles. The van der Waals surface area contributed by atoms with Crippen LogP contribution < -0.4 is 0 Å². The van der Waals surface area contributed by atoms with Crippen molar-refractivity contribution in [1.82, 2.24) is 4.90 Å². The van der Waals surface area contributed by atoms with Gasteiger partial charge < -0.3 is 0 Å². The van der Waals surface area contributed by atoms with Gasteiger partial charge in [-0.1, -0.05) is 38.3 Å². The fraction of sp³-hybridized carbons (Fsp3) is 0.833. The molecule has 0 radical (unpaired) electrons. The zero-order valence-electron chi connectivity index (χ0n) is 8.71. The van der Waals surface area contributed by atoms with Crippen LogP contribution in [0.25, 0.3) is 0 Å². The second-order valence-electron chi connectivity index (χ2n) is 4.65. The molecule has 1 heteroatoms. The van der Waals surface area contributed by atoms with Crippen LogP contribution >= 0.6 is 0 Å². The van der Waals surface area contributed by atoms with Crippen LogP contribution in [0.3, 0.4) is 0 Å². The van der Waals surface area contributed by atoms with Crippen molar-refractivity contribution >= 4 is 0 Å². The van der Waals surface area contributed by atoms with Crippen molar-refractivity contribution in [3.05, 3.63) is 12.2 Å². The van der Waals surface area contributed by atoms with E-state index in [-0.39, 0.29) is 0 Å². The predicted octanol–water partition coefficient (Wildman–Crippen LogP) is 2.83. The van der Waals surface area contributed by atoms with E-state index in [4.69, 9.17) is 0 Å². The first kappa shape index (κ1) is 9.26. The summed E-state index contributed by atoms with van der Waals surface area (Å²) in [4.78, 5) is 2.68. The summed E-state index contributed by atoms with van der Waals surface area (Å²) in [6, 6.07) is 0.904. The van der Waals surface area contributed by atoms with Gasteiger partial charge in [0.2, 0.25) is 0 Å². The molecule has 74 valence electrons. The molecule has 0 bridgehead atoms. The standard InChI is InChI=1S/C12H21N/c1-11-6-5-9-13(10-11)12-7-3-2-4-8-12/h5-6,11-12H,2-4,7-10H2,1H3. The molecule has 2 aliphatic rings. The molecule has 13 heavy (non-hydrogen) atoms. The van der Waals surface area contributed by atoms with E-state index < -0.39 is 0 Å². The number of rotatable bonds is 1. The molecule has 1 atom stereocenters. The van der Waals surface area contributed by atoms with Crippen LogP contribution in [-0.2, 0) is 0 Å². The zero-order valence-corrected chi connectivity index (χ0v) is 8.71. The van der Waals surface area contributed by atoms with E-state index in [0.29, 0.717) is 0 Å². The van der Waals surface area contributed by atoms with Gasteiger partial charge in [0.25, 0.3) is 0 Å². The molecule has 1 heterocycles. The van der Waals surface area contributed by atoms with Gasteiger partial charge in [0.1, 0.15) is 0 Å². The van der Waals surface area contributed by atoms with E-state index in [2.05, 4.69) is 24.0 Å². The molecule has 1 fully saturated rings. The molecule has 2 rings (SSSR count). The number of hydrogen-bond donors (Lipinski definition) is 0. The van der Waals surface area contributed by atoms with Crippen molar-refractivity contribution < 1.29 is 0 Å². The maximum absolute atomic E-state index is 2.68. The third-order valence-corrected chi connectivity index (χ3v) is 3.42. The molecule has 1 aliphatic carbocycles. The van der Waals surface area contributed by atoms with Crippen molar-refractivity contribution in [2.24, 2.45) is 5.92 Å². The Kier molecular flexibility index (Phi) is 3.05. The van der Waals surface area contributed by atoms with Crippen LogP contribution in [0.5, 0.6) is 0 Å². The summed E-state index contributed by atoms with van der Waals surface area (Å²) < 4.78 is 0. The molecular weight excluding hydrogens is 158 g/mol. The molecule has 0 aromatic carbocycles. The molecule has 0 N–H and O–H groups in total. The highest BCUT2D eigenvalue weighted by atomic mass is 15.2. The minimum absolute atomic E-state index is 0.774. The molecule has 1 unspecified atom stereocenters. The fourth-order valence-electron chi connectivity index (χ4n) is 2.68. The predicted molar refractivity (Wildman–Crippen MR) is 56.8 cm³/mol. The monoisotopic (exact) mass is 179 g/mol. The van der Waals surface area contributed by atoms with E-state index in [9.17, 15) is 0 Å². The summed E-state index contributed by atoms with van der Waals surface area (Å²) >= 11 is 0. The summed E-state index contributed by atoms with van der Waals surface area (Å²) in [6.45, 7) is 4.82. The molecular formula is C12H21N. The normalized spacial score (nSPS) is 32.2. The molecule has 0 saturated heterocycles. The first-order valence-electron chi connectivity index (χ1n) is 5.77. The van der Waals surface area contributed by atoms with E-state index >= 15 is 0 Å². The Morgan fingerprint density at radius 1 is 1.15 bits per heavy atom. The largest absolute Gasteiger partial charge is 0.296 e. The molecule has 1 saturated carbocycles. The maximum Gasteiger partial charge on any atom is 0.0166 e. The Morgan fingerprint density at radius 3 is 2.62 bits per heavy atom. The van der Waals surface area contributed by atoms with Gasteiger partial charge in [-0.15, -0.1) is 0 Å². The Bertz CT molecular complexity index is 180. The Balaban J connectivity index is 1.88. The lowest BCUT2D eigenvalue weighted by molar-refractivity contribution is 0.153. The average Bonchev–Trinajstić information content (AvgIpc) is 2.19. The van der Waals surface area contributed by atoms with Gasteiger partial charge >= 0.3 is 0 Å². The zero-order chi connectivity index (χ0) is 9.10. The van der Waals surface area contributed by atoms with Crippen LogP contribution in [0.1, 0.15) is 39.0 Å². The minimum atomic E-state index is 0.774. The van der Waals surface area contributed by atoms with Gasteiger partial charge in [-0.2, -0.15) is 0 Å². The van der Waals surface area contributed by atoms with Crippen LogP contribution in [0.15, 0.2) is 12.2 Å². The molecule has 0 amide bonds. The second-order valence-corrected chi connectivity index (χ2v) is 4.65. The van der Waals surface area contributed by atoms with Crippen molar-refractivity contribution in [2.45, 2.75) is 45.1 Å². The summed E-state index contributed by atoms with van der Waals surface area (Å²) in [5, 5.41) is 0. The lowest BCUT2D eigenvalue weighted by Crippen LogP contribution is -2.41. The van der Waals surface area contributed by atoms with E-state index in [0.717, 1.165) is 12.0 Å². The topological polar surface area (TPSA) is 3.24 Å². The third kappa shape index (κ3) is 2.34. The van der Waals surface area contributed by atoms with Crippen LogP contribution in [0, 0.1) is 5.92 Å². The Labute approximate surface area is 81.8 Å². The molecule has 0 aromatic rings. The number of hydrogen-bond acceptors (Lipinski definition) is 1. The third-order valence-electron chi connectivity index (χ3n) is 3.42. The highest BCUT2D eigenvalue weighted by Gasteiger charge is 2.22. The van der Waals surface area contributed by atoms with Crippen LogP contribution in [-0.4, -0.2) is 24.0 Å². The van der Waals surface area contributed by atoms with Crippen LogP contribution in [0.4, 0.5) is 0 Å². The van der Waals surface area contributed by atoms with Crippen LogP contribution in [0.2, 0.25) is 0 Å². The summed E-state index contributed by atoms with van der Waals surface area (Å²) in [5.41, 5.74) is 0. The van der Waals surface area contributed by atoms with Gasteiger partial charge in [0.15, 0.2) is 0 Å². The van der Waals surface area contributed by atoms with Gasteiger partial charge in [0, 0.05) is 19.1 Å². The van der Waals surface area contributed by atoms with E-state index in [1.54, 1.807) is 0 Å². The van der Waals surface area contributed by atoms with Gasteiger partial charge in [-0.3, -0.25) is 4.90 Å². The summed E-state index contributed by atoms with van der Waals surface area (Å²) in [6.07, 6.45) is 12.0. The molecule has 0 spiro atoms. The fourth-order valence-corrected chi connectivity index (χ4v) is 2.68. The average molecular weight is 179 g/mol.